The minimum absolute atomic E-state index is 0. The van der Waals surface area contributed by atoms with Gasteiger partial charge in [-0.25, -0.2) is 0 Å². The number of aryl methyl sites for hydroxylation is 1. The average molecular weight is 246 g/mol. The first-order chi connectivity index (χ1) is 6.84. The van der Waals surface area contributed by atoms with Crippen molar-refractivity contribution in [3.8, 4) is 5.75 Å². The van der Waals surface area contributed by atoms with Crippen molar-refractivity contribution in [2.45, 2.75) is 34.1 Å². The highest BCUT2D eigenvalue weighted by Crippen LogP contribution is 2.25. The van der Waals surface area contributed by atoms with Crippen molar-refractivity contribution in [2.75, 3.05) is 0 Å². The van der Waals surface area contributed by atoms with E-state index >= 15 is 0 Å². The zero-order valence-electron chi connectivity index (χ0n) is 8.89. The molecule has 0 saturated heterocycles. The van der Waals surface area contributed by atoms with Gasteiger partial charge in [0.1, 0.15) is 5.75 Å². The minimum atomic E-state index is -3.11. The van der Waals surface area contributed by atoms with Crippen LogP contribution in [-0.2, 0) is 10.6 Å². The highest BCUT2D eigenvalue weighted by atomic mass is 32.2. The lowest BCUT2D eigenvalue weighted by molar-refractivity contribution is 0.464. The molecule has 16 heavy (non-hydrogen) atoms. The third kappa shape index (κ3) is 7.00. The van der Waals surface area contributed by atoms with Crippen LogP contribution in [0.3, 0.4) is 0 Å². The summed E-state index contributed by atoms with van der Waals surface area (Å²) < 4.78 is 25.3. The Morgan fingerprint density at radius 3 is 1.94 bits per heavy atom. The predicted molar refractivity (Wildman–Crippen MR) is 63.4 cm³/mol. The number of benzene rings is 1. The van der Waals surface area contributed by atoms with Crippen molar-refractivity contribution in [3.05, 3.63) is 29.3 Å². The Labute approximate surface area is 98.0 Å². The van der Waals surface area contributed by atoms with Crippen LogP contribution in [0.1, 0.15) is 38.3 Å². The molecule has 0 radical (unpaired) electrons. The third-order valence-corrected chi connectivity index (χ3v) is 1.81. The van der Waals surface area contributed by atoms with Crippen LogP contribution in [0.2, 0.25) is 0 Å². The second-order valence-electron chi connectivity index (χ2n) is 3.42. The van der Waals surface area contributed by atoms with Gasteiger partial charge in [0.2, 0.25) is 0 Å². The molecule has 4 nitrogen and oxygen atoms in total. The normalized spacial score (nSPS) is 8.75. The van der Waals surface area contributed by atoms with Gasteiger partial charge >= 0.3 is 10.6 Å². The van der Waals surface area contributed by atoms with Crippen LogP contribution < -0.4 is 0 Å². The summed E-state index contributed by atoms with van der Waals surface area (Å²) in [5.74, 6) is 0.815. The lowest BCUT2D eigenvalue weighted by Gasteiger charge is -2.07. The summed E-state index contributed by atoms with van der Waals surface area (Å²) in [6.45, 7) is 6.12. The van der Waals surface area contributed by atoms with Gasteiger partial charge in [-0.2, -0.15) is 0 Å². The van der Waals surface area contributed by atoms with Gasteiger partial charge in [-0.1, -0.05) is 33.4 Å². The first-order valence-corrected chi connectivity index (χ1v) is 5.41. The van der Waals surface area contributed by atoms with E-state index in [2.05, 4.69) is 13.8 Å². The lowest BCUT2D eigenvalue weighted by Crippen LogP contribution is -1.87. The summed E-state index contributed by atoms with van der Waals surface area (Å²) >= 11 is 0. The molecule has 5 heteroatoms. The van der Waals surface area contributed by atoms with E-state index in [1.807, 2.05) is 19.1 Å². The fourth-order valence-corrected chi connectivity index (χ4v) is 1.14. The number of phenols is 1. The van der Waals surface area contributed by atoms with Gasteiger partial charge in [-0.15, -0.1) is 12.6 Å². The maximum absolute atomic E-state index is 9.46. The molecule has 0 unspecified atom stereocenters. The second-order valence-corrected chi connectivity index (χ2v) is 3.83. The Morgan fingerprint density at radius 1 is 1.19 bits per heavy atom. The van der Waals surface area contributed by atoms with Gasteiger partial charge in [0, 0.05) is 0 Å². The minimum Gasteiger partial charge on any atom is -0.508 e. The Bertz CT molecular complexity index is 414. The first-order valence-electron chi connectivity index (χ1n) is 4.41. The molecule has 0 fully saturated rings. The van der Waals surface area contributed by atoms with Gasteiger partial charge in [0.25, 0.3) is 0 Å². The molecule has 0 aliphatic heterocycles. The first kappa shape index (κ1) is 17.0. The topological polar surface area (TPSA) is 71.4 Å². The molecule has 0 aromatic heterocycles. The molecule has 0 spiro atoms. The number of aromatic hydroxyl groups is 1. The molecule has 0 aliphatic rings. The second kappa shape index (κ2) is 7.87. The van der Waals surface area contributed by atoms with Crippen molar-refractivity contribution in [2.24, 2.45) is 0 Å². The highest BCUT2D eigenvalue weighted by molar-refractivity contribution is 7.59. The average Bonchev–Trinajstić information content (AvgIpc) is 2.01. The number of phenolic OH excluding ortho intramolecular Hbond substituents is 1. The molecule has 0 atom stereocenters. The Balaban J connectivity index is 0. The van der Waals surface area contributed by atoms with E-state index in [1.54, 1.807) is 6.07 Å². The van der Waals surface area contributed by atoms with Crippen LogP contribution in [0, 0.1) is 6.92 Å². The zero-order chi connectivity index (χ0) is 12.0. The van der Waals surface area contributed by atoms with Gasteiger partial charge in [-0.05, 0) is 30.0 Å². The fraction of sp³-hybridized carbons (Fsp3) is 0.455. The molecule has 0 saturated carbocycles. The van der Waals surface area contributed by atoms with E-state index in [0.717, 1.165) is 11.1 Å². The molecule has 1 rings (SSSR count). The third-order valence-electron chi connectivity index (χ3n) is 1.81. The van der Waals surface area contributed by atoms with E-state index in [1.165, 1.54) is 0 Å². The molecule has 0 bridgehead atoms. The number of rotatable bonds is 1. The molecule has 0 amide bonds. The highest BCUT2D eigenvalue weighted by Gasteiger charge is 2.03. The van der Waals surface area contributed by atoms with E-state index in [-0.39, 0.29) is 7.43 Å². The van der Waals surface area contributed by atoms with Crippen molar-refractivity contribution in [1.29, 1.82) is 0 Å². The van der Waals surface area contributed by atoms with E-state index in [4.69, 9.17) is 12.6 Å². The number of hydrogen-bond donors (Lipinski definition) is 1. The van der Waals surface area contributed by atoms with Crippen LogP contribution in [0.25, 0.3) is 0 Å². The van der Waals surface area contributed by atoms with Crippen LogP contribution in [0.4, 0.5) is 0 Å². The summed E-state index contributed by atoms with van der Waals surface area (Å²) in [5.41, 5.74) is 2.13. The van der Waals surface area contributed by atoms with Crippen LogP contribution in [0.15, 0.2) is 18.2 Å². The van der Waals surface area contributed by atoms with E-state index < -0.39 is 10.6 Å². The smallest absolute Gasteiger partial charge is 0.425 e. The van der Waals surface area contributed by atoms with Crippen molar-refractivity contribution < 1.29 is 17.7 Å². The molecular weight excluding hydrogens is 228 g/mol. The molecule has 1 aromatic rings. The largest absolute Gasteiger partial charge is 0.508 e. The Kier molecular flexibility index (Phi) is 8.39. The molecule has 92 valence electrons. The zero-order valence-corrected chi connectivity index (χ0v) is 9.71. The van der Waals surface area contributed by atoms with Gasteiger partial charge in [0.05, 0.1) is 0 Å². The molecule has 1 aromatic carbocycles. The Morgan fingerprint density at radius 2 is 1.62 bits per heavy atom. The van der Waals surface area contributed by atoms with Crippen LogP contribution in [0.5, 0.6) is 5.75 Å². The predicted octanol–water partition coefficient (Wildman–Crippen LogP) is 2.46. The van der Waals surface area contributed by atoms with Gasteiger partial charge in [0.15, 0.2) is 0 Å². The van der Waals surface area contributed by atoms with Crippen LogP contribution >= 0.6 is 0 Å². The molecule has 0 aliphatic carbocycles. The molecule has 0 heterocycles. The maximum atomic E-state index is 9.46. The summed E-state index contributed by atoms with van der Waals surface area (Å²) in [4.78, 5) is 0. The monoisotopic (exact) mass is 246 g/mol. The van der Waals surface area contributed by atoms with Crippen molar-refractivity contribution in [3.63, 3.8) is 0 Å². The summed E-state index contributed by atoms with van der Waals surface area (Å²) in [6, 6.07) is 5.81. The molecule has 1 N–H and O–H groups in total. The van der Waals surface area contributed by atoms with Gasteiger partial charge in [-0.3, -0.25) is 0 Å². The lowest BCUT2D eigenvalue weighted by atomic mass is 10.0. The quantitative estimate of drug-likeness (QED) is 0.826. The van der Waals surface area contributed by atoms with Crippen molar-refractivity contribution in [1.82, 2.24) is 0 Å². The number of hydrogen-bond acceptors (Lipinski definition) is 4. The van der Waals surface area contributed by atoms with Gasteiger partial charge < -0.3 is 5.11 Å². The van der Waals surface area contributed by atoms with E-state index in [9.17, 15) is 5.11 Å². The maximum Gasteiger partial charge on any atom is 0.425 e. The van der Waals surface area contributed by atoms with E-state index in [0.29, 0.717) is 11.7 Å². The Hall–Kier alpha value is -1.36. The van der Waals surface area contributed by atoms with Crippen LogP contribution in [-0.4, -0.2) is 17.7 Å². The molecular formula is C11H18O4S. The standard InChI is InChI=1S/C10H14O.CH4.O3S/c1-7(2)9-5-4-8(3)6-10(9)11;;1-4(2)3/h4-7,11H,1-3H3;1H4;. The fourth-order valence-electron chi connectivity index (χ4n) is 1.14. The summed E-state index contributed by atoms with van der Waals surface area (Å²) in [7, 11) is -3.11. The summed E-state index contributed by atoms with van der Waals surface area (Å²) in [6.07, 6.45) is 0. The van der Waals surface area contributed by atoms with Crippen molar-refractivity contribution >= 4 is 10.6 Å². The SMILES string of the molecule is C.Cc1ccc(C(C)C)c(O)c1.O=S(=O)=O. The summed E-state index contributed by atoms with van der Waals surface area (Å²) in [5, 5.41) is 9.46.